The molecule has 0 aliphatic rings. The zero-order chi connectivity index (χ0) is 8.72. The highest BCUT2D eigenvalue weighted by Crippen LogP contribution is 2.05. The molecule has 0 aromatic carbocycles. The predicted octanol–water partition coefficient (Wildman–Crippen LogP) is 0.445. The number of aryl methyl sites for hydroxylation is 3. The molecule has 0 bridgehead atoms. The molecule has 2 rings (SSSR count). The second-order valence-corrected chi connectivity index (χ2v) is 2.75. The number of aromatic nitrogens is 5. The van der Waals surface area contributed by atoms with Crippen LogP contribution in [0.1, 0.15) is 17.2 Å². The minimum Gasteiger partial charge on any atom is -0.265 e. The third-order valence-corrected chi connectivity index (χ3v) is 1.96. The molecule has 5 heteroatoms. The molecule has 2 aromatic heterocycles. The molecule has 0 fully saturated rings. The topological polar surface area (TPSA) is 56.0 Å². The molecule has 0 unspecified atom stereocenters. The van der Waals surface area contributed by atoms with Crippen molar-refractivity contribution in [3.8, 4) is 0 Å². The Bertz CT molecular complexity index is 431. The van der Waals surface area contributed by atoms with Crippen molar-refractivity contribution < 1.29 is 0 Å². The smallest absolute Gasteiger partial charge is 0.265 e. The Morgan fingerprint density at radius 3 is 2.33 bits per heavy atom. The predicted molar refractivity (Wildman–Crippen MR) is 42.8 cm³/mol. The molecule has 0 radical (unpaired) electrons. The fourth-order valence-corrected chi connectivity index (χ4v) is 1.16. The van der Waals surface area contributed by atoms with Crippen LogP contribution in [0.15, 0.2) is 0 Å². The van der Waals surface area contributed by atoms with Gasteiger partial charge in [-0.2, -0.15) is 5.10 Å². The first-order valence-electron chi connectivity index (χ1n) is 3.72. The Hall–Kier alpha value is -1.52. The van der Waals surface area contributed by atoms with Gasteiger partial charge in [0.05, 0.1) is 5.69 Å². The van der Waals surface area contributed by atoms with Crippen molar-refractivity contribution in [2.24, 2.45) is 0 Å². The lowest BCUT2D eigenvalue weighted by Crippen LogP contribution is -2.02. The first-order chi connectivity index (χ1) is 5.70. The molecule has 0 aliphatic carbocycles. The minimum absolute atomic E-state index is 0.565. The molecular weight excluding hydrogens is 154 g/mol. The van der Waals surface area contributed by atoms with Gasteiger partial charge < -0.3 is 0 Å². The van der Waals surface area contributed by atoms with Crippen LogP contribution < -0.4 is 0 Å². The van der Waals surface area contributed by atoms with Crippen LogP contribution in [0.4, 0.5) is 0 Å². The maximum Gasteiger partial charge on any atom is 0.274 e. The third-order valence-electron chi connectivity index (χ3n) is 1.96. The van der Waals surface area contributed by atoms with Crippen LogP contribution in [0.2, 0.25) is 0 Å². The van der Waals surface area contributed by atoms with Crippen molar-refractivity contribution in [1.82, 2.24) is 24.8 Å². The second kappa shape index (κ2) is 2.23. The zero-order valence-corrected chi connectivity index (χ0v) is 7.24. The fraction of sp³-hybridized carbons (Fsp3) is 0.429. The highest BCUT2D eigenvalue weighted by molar-refractivity contribution is 5.29. The van der Waals surface area contributed by atoms with Crippen LogP contribution in [0, 0.1) is 20.8 Å². The first kappa shape index (κ1) is 7.15. The summed E-state index contributed by atoms with van der Waals surface area (Å²) in [6, 6.07) is 0. The van der Waals surface area contributed by atoms with Crippen LogP contribution in [0.5, 0.6) is 0 Å². The number of hydrogen-bond donors (Lipinski definition) is 0. The van der Waals surface area contributed by atoms with E-state index in [0.717, 1.165) is 17.2 Å². The van der Waals surface area contributed by atoms with Crippen LogP contribution in [0.3, 0.4) is 0 Å². The van der Waals surface area contributed by atoms with E-state index in [4.69, 9.17) is 0 Å². The Balaban J connectivity index is 2.96. The summed E-state index contributed by atoms with van der Waals surface area (Å²) in [7, 11) is 0. The summed E-state index contributed by atoms with van der Waals surface area (Å²) < 4.78 is 1.89. The van der Waals surface area contributed by atoms with Crippen molar-refractivity contribution in [2.75, 3.05) is 0 Å². The number of hydrogen-bond acceptors (Lipinski definition) is 4. The summed E-state index contributed by atoms with van der Waals surface area (Å²) in [6.45, 7) is 5.79. The SMILES string of the molecule is Cc1nnc2nnc(C)n2c1C. The molecular formula is C7H9N5. The highest BCUT2D eigenvalue weighted by Gasteiger charge is 2.06. The zero-order valence-electron chi connectivity index (χ0n) is 7.24. The Labute approximate surface area is 69.5 Å². The Kier molecular flexibility index (Phi) is 1.33. The van der Waals surface area contributed by atoms with Gasteiger partial charge in [0, 0.05) is 5.69 Å². The van der Waals surface area contributed by atoms with Crippen LogP contribution in [0.25, 0.3) is 5.78 Å². The number of fused-ring (bicyclic) bond motifs is 1. The lowest BCUT2D eigenvalue weighted by Gasteiger charge is -2.00. The molecule has 0 saturated carbocycles. The fourth-order valence-electron chi connectivity index (χ4n) is 1.16. The molecule has 62 valence electrons. The second-order valence-electron chi connectivity index (χ2n) is 2.75. The quantitative estimate of drug-likeness (QED) is 0.565. The van der Waals surface area contributed by atoms with Crippen LogP contribution >= 0.6 is 0 Å². The number of rotatable bonds is 0. The van der Waals surface area contributed by atoms with Gasteiger partial charge in [0.25, 0.3) is 5.78 Å². The molecule has 0 atom stereocenters. The maximum atomic E-state index is 3.95. The van der Waals surface area contributed by atoms with E-state index in [1.807, 2.05) is 25.2 Å². The van der Waals surface area contributed by atoms with Crippen molar-refractivity contribution >= 4 is 5.78 Å². The summed E-state index contributed by atoms with van der Waals surface area (Å²) in [6.07, 6.45) is 0. The minimum atomic E-state index is 0.565. The normalized spacial score (nSPS) is 10.9. The molecule has 2 heterocycles. The van der Waals surface area contributed by atoms with Crippen molar-refractivity contribution in [3.05, 3.63) is 17.2 Å². The molecule has 2 aromatic rings. The molecule has 0 spiro atoms. The maximum absolute atomic E-state index is 3.95. The van der Waals surface area contributed by atoms with E-state index < -0.39 is 0 Å². The van der Waals surface area contributed by atoms with E-state index in [-0.39, 0.29) is 0 Å². The highest BCUT2D eigenvalue weighted by atomic mass is 15.3. The van der Waals surface area contributed by atoms with E-state index in [0.29, 0.717) is 5.78 Å². The summed E-state index contributed by atoms with van der Waals surface area (Å²) in [5.74, 6) is 1.41. The van der Waals surface area contributed by atoms with Gasteiger partial charge in [-0.1, -0.05) is 0 Å². The summed E-state index contributed by atoms with van der Waals surface area (Å²) in [5.41, 5.74) is 1.95. The van der Waals surface area contributed by atoms with Crippen molar-refractivity contribution in [3.63, 3.8) is 0 Å². The molecule has 12 heavy (non-hydrogen) atoms. The molecule has 5 nitrogen and oxygen atoms in total. The van der Waals surface area contributed by atoms with Gasteiger partial charge in [0.2, 0.25) is 0 Å². The molecule has 0 aliphatic heterocycles. The van der Waals surface area contributed by atoms with Gasteiger partial charge in [0.1, 0.15) is 5.82 Å². The van der Waals surface area contributed by atoms with Gasteiger partial charge in [0.15, 0.2) is 0 Å². The van der Waals surface area contributed by atoms with E-state index in [2.05, 4.69) is 20.4 Å². The van der Waals surface area contributed by atoms with Crippen molar-refractivity contribution in [2.45, 2.75) is 20.8 Å². The van der Waals surface area contributed by atoms with E-state index in [9.17, 15) is 0 Å². The van der Waals surface area contributed by atoms with E-state index in [1.54, 1.807) is 0 Å². The first-order valence-corrected chi connectivity index (χ1v) is 3.72. The monoisotopic (exact) mass is 163 g/mol. The average Bonchev–Trinajstić information content (AvgIpc) is 2.41. The van der Waals surface area contributed by atoms with Gasteiger partial charge in [-0.05, 0) is 20.8 Å². The van der Waals surface area contributed by atoms with Gasteiger partial charge in [-0.3, -0.25) is 4.40 Å². The average molecular weight is 163 g/mol. The summed E-state index contributed by atoms with van der Waals surface area (Å²) >= 11 is 0. The van der Waals surface area contributed by atoms with Gasteiger partial charge >= 0.3 is 0 Å². The Morgan fingerprint density at radius 2 is 1.58 bits per heavy atom. The lowest BCUT2D eigenvalue weighted by atomic mass is 10.3. The molecule has 0 amide bonds. The largest absolute Gasteiger partial charge is 0.274 e. The van der Waals surface area contributed by atoms with Crippen molar-refractivity contribution in [1.29, 1.82) is 0 Å². The van der Waals surface area contributed by atoms with Gasteiger partial charge in [-0.15, -0.1) is 15.3 Å². The van der Waals surface area contributed by atoms with Gasteiger partial charge in [-0.25, -0.2) is 0 Å². The Morgan fingerprint density at radius 1 is 0.917 bits per heavy atom. The number of nitrogens with zero attached hydrogens (tertiary/aromatic N) is 5. The lowest BCUT2D eigenvalue weighted by molar-refractivity contribution is 0.872. The standard InChI is InChI=1S/C7H9N5/c1-4-5(2)12-6(3)9-11-7(12)10-8-4/h1-3H3. The van der Waals surface area contributed by atoms with Crippen LogP contribution in [-0.4, -0.2) is 24.8 Å². The summed E-state index contributed by atoms with van der Waals surface area (Å²) in [5, 5.41) is 15.6. The molecule has 0 saturated heterocycles. The van der Waals surface area contributed by atoms with Crippen LogP contribution in [-0.2, 0) is 0 Å². The third kappa shape index (κ3) is 0.792. The molecule has 0 N–H and O–H groups in total. The van der Waals surface area contributed by atoms with E-state index >= 15 is 0 Å². The summed E-state index contributed by atoms with van der Waals surface area (Å²) in [4.78, 5) is 0. The van der Waals surface area contributed by atoms with E-state index in [1.165, 1.54) is 0 Å².